The molecule has 0 unspecified atom stereocenters. The lowest BCUT2D eigenvalue weighted by Crippen LogP contribution is -1.65. The van der Waals surface area contributed by atoms with Crippen LogP contribution < -0.4 is 0 Å². The van der Waals surface area contributed by atoms with Crippen LogP contribution in [0.1, 0.15) is 13.8 Å². The Morgan fingerprint density at radius 3 is 2.70 bits per heavy atom. The maximum absolute atomic E-state index is 3.91. The molecule has 0 nitrogen and oxygen atoms in total. The molecule has 1 aliphatic heterocycles. The predicted molar refractivity (Wildman–Crippen MR) is 51.8 cm³/mol. The second-order valence-electron chi connectivity index (χ2n) is 2.17. The zero-order chi connectivity index (χ0) is 7.56. The largest absolute Gasteiger partial charge is 0.102 e. The Balaban J connectivity index is 2.79. The van der Waals surface area contributed by atoms with Gasteiger partial charge in [0.1, 0.15) is 0 Å². The lowest BCUT2D eigenvalue weighted by Gasteiger charge is -1.94. The zero-order valence-corrected chi connectivity index (χ0v) is 7.81. The van der Waals surface area contributed by atoms with E-state index in [2.05, 4.69) is 31.9 Å². The quantitative estimate of drug-likeness (QED) is 0.543. The summed E-state index contributed by atoms with van der Waals surface area (Å²) in [5, 5.41) is 2.16. The van der Waals surface area contributed by atoms with Gasteiger partial charge in [0, 0.05) is 4.91 Å². The molecule has 0 bridgehead atoms. The van der Waals surface area contributed by atoms with Crippen LogP contribution in [0.2, 0.25) is 0 Å². The highest BCUT2D eigenvalue weighted by Gasteiger charge is 2.00. The monoisotopic (exact) mass is 170 g/mol. The Labute approximate surface area is 70.5 Å². The predicted octanol–water partition coefficient (Wildman–Crippen LogP) is 3.75. The third-order valence-electron chi connectivity index (χ3n) is 1.07. The SMILES string of the molecule is C=C1C=C(C)SC=C(C)S1. The van der Waals surface area contributed by atoms with E-state index in [1.807, 2.05) is 0 Å². The van der Waals surface area contributed by atoms with Gasteiger partial charge in [-0.1, -0.05) is 18.3 Å². The van der Waals surface area contributed by atoms with Crippen molar-refractivity contribution in [2.75, 3.05) is 0 Å². The third kappa shape index (κ3) is 2.27. The summed E-state index contributed by atoms with van der Waals surface area (Å²) in [6.07, 6.45) is 2.11. The average Bonchev–Trinajstić information content (AvgIpc) is 1.93. The van der Waals surface area contributed by atoms with Crippen LogP contribution in [-0.4, -0.2) is 0 Å². The lowest BCUT2D eigenvalue weighted by molar-refractivity contribution is 1.68. The molecule has 54 valence electrons. The second kappa shape index (κ2) is 3.35. The van der Waals surface area contributed by atoms with Gasteiger partial charge < -0.3 is 0 Å². The molecule has 0 aliphatic carbocycles. The van der Waals surface area contributed by atoms with Crippen LogP contribution in [0.5, 0.6) is 0 Å². The van der Waals surface area contributed by atoms with Gasteiger partial charge in [0.15, 0.2) is 0 Å². The molecule has 0 amide bonds. The molecule has 0 aromatic heterocycles. The molecule has 1 heterocycles. The van der Waals surface area contributed by atoms with Crippen molar-refractivity contribution >= 4 is 23.5 Å². The second-order valence-corrected chi connectivity index (χ2v) is 4.66. The number of hydrogen-bond donors (Lipinski definition) is 0. The molecule has 0 aromatic rings. The minimum atomic E-state index is 1.14. The van der Waals surface area contributed by atoms with Gasteiger partial charge in [-0.3, -0.25) is 0 Å². The van der Waals surface area contributed by atoms with E-state index in [1.54, 1.807) is 23.5 Å². The Kier molecular flexibility index (Phi) is 2.69. The van der Waals surface area contributed by atoms with Gasteiger partial charge in [0.2, 0.25) is 0 Å². The van der Waals surface area contributed by atoms with Crippen LogP contribution in [0, 0.1) is 0 Å². The van der Waals surface area contributed by atoms with Crippen LogP contribution in [0.3, 0.4) is 0 Å². The van der Waals surface area contributed by atoms with Gasteiger partial charge >= 0.3 is 0 Å². The smallest absolute Gasteiger partial charge is 0.00546 e. The first-order chi connectivity index (χ1) is 4.68. The van der Waals surface area contributed by atoms with Crippen molar-refractivity contribution in [3.63, 3.8) is 0 Å². The van der Waals surface area contributed by atoms with E-state index in [1.165, 1.54) is 9.81 Å². The molecular weight excluding hydrogens is 160 g/mol. The maximum atomic E-state index is 3.91. The molecule has 2 heteroatoms. The number of thioether (sulfide) groups is 2. The van der Waals surface area contributed by atoms with E-state index in [0.717, 1.165) is 4.91 Å². The Morgan fingerprint density at radius 2 is 2.00 bits per heavy atom. The fraction of sp³-hybridized carbons (Fsp3) is 0.250. The van der Waals surface area contributed by atoms with Gasteiger partial charge in [0.25, 0.3) is 0 Å². The van der Waals surface area contributed by atoms with Gasteiger partial charge in [-0.2, -0.15) is 0 Å². The number of hydrogen-bond acceptors (Lipinski definition) is 2. The Bertz CT molecular complexity index is 211. The summed E-state index contributed by atoms with van der Waals surface area (Å²) in [5.74, 6) is 0. The number of allylic oxidation sites excluding steroid dienone is 3. The van der Waals surface area contributed by atoms with Crippen molar-refractivity contribution in [3.8, 4) is 0 Å². The van der Waals surface area contributed by atoms with Crippen molar-refractivity contribution in [2.24, 2.45) is 0 Å². The Morgan fingerprint density at radius 1 is 1.30 bits per heavy atom. The van der Waals surface area contributed by atoms with E-state index >= 15 is 0 Å². The first-order valence-corrected chi connectivity index (χ1v) is 4.76. The third-order valence-corrected chi connectivity index (χ3v) is 3.00. The fourth-order valence-electron chi connectivity index (χ4n) is 0.697. The van der Waals surface area contributed by atoms with E-state index in [0.29, 0.717) is 0 Å². The summed E-state index contributed by atoms with van der Waals surface area (Å²) >= 11 is 3.50. The van der Waals surface area contributed by atoms with Crippen LogP contribution >= 0.6 is 23.5 Å². The molecule has 0 radical (unpaired) electrons. The molecule has 1 rings (SSSR count). The van der Waals surface area contributed by atoms with Crippen LogP contribution in [0.15, 0.2) is 32.8 Å². The topological polar surface area (TPSA) is 0 Å². The fourth-order valence-corrected chi connectivity index (χ4v) is 2.32. The van der Waals surface area contributed by atoms with Crippen LogP contribution in [-0.2, 0) is 0 Å². The molecule has 10 heavy (non-hydrogen) atoms. The van der Waals surface area contributed by atoms with E-state index in [9.17, 15) is 0 Å². The zero-order valence-electron chi connectivity index (χ0n) is 6.18. The highest BCUT2D eigenvalue weighted by Crippen LogP contribution is 2.34. The molecular formula is C8H10S2. The first-order valence-electron chi connectivity index (χ1n) is 3.07. The summed E-state index contributed by atoms with van der Waals surface area (Å²) in [6, 6.07) is 0. The average molecular weight is 170 g/mol. The van der Waals surface area contributed by atoms with E-state index in [4.69, 9.17) is 0 Å². The van der Waals surface area contributed by atoms with Gasteiger partial charge in [-0.25, -0.2) is 0 Å². The van der Waals surface area contributed by atoms with Gasteiger partial charge in [0.05, 0.1) is 0 Å². The summed E-state index contributed by atoms with van der Waals surface area (Å²) in [6.45, 7) is 8.12. The van der Waals surface area contributed by atoms with Crippen LogP contribution in [0.25, 0.3) is 0 Å². The van der Waals surface area contributed by atoms with Crippen molar-refractivity contribution in [3.05, 3.63) is 32.8 Å². The summed E-state index contributed by atoms with van der Waals surface area (Å²) in [4.78, 5) is 3.77. The molecule has 0 atom stereocenters. The minimum Gasteiger partial charge on any atom is -0.102 e. The van der Waals surface area contributed by atoms with Crippen LogP contribution in [0.4, 0.5) is 0 Å². The molecule has 0 spiro atoms. The van der Waals surface area contributed by atoms with Gasteiger partial charge in [-0.15, -0.1) is 11.8 Å². The summed E-state index contributed by atoms with van der Waals surface area (Å²) in [7, 11) is 0. The van der Waals surface area contributed by atoms with Crippen molar-refractivity contribution in [1.82, 2.24) is 0 Å². The maximum Gasteiger partial charge on any atom is 0.00546 e. The summed E-state index contributed by atoms with van der Waals surface area (Å²) in [5.41, 5.74) is 0. The standard InChI is InChI=1S/C8H10S2/c1-6-4-7(2)10-8(3)5-9-6/h4-5H,2H2,1,3H3. The lowest BCUT2D eigenvalue weighted by atomic mass is 10.5. The molecule has 0 fully saturated rings. The van der Waals surface area contributed by atoms with Crippen molar-refractivity contribution in [2.45, 2.75) is 13.8 Å². The molecule has 1 aliphatic rings. The highest BCUT2D eigenvalue weighted by molar-refractivity contribution is 8.10. The van der Waals surface area contributed by atoms with E-state index in [-0.39, 0.29) is 0 Å². The highest BCUT2D eigenvalue weighted by atomic mass is 32.2. The normalized spacial score (nSPS) is 19.6. The molecule has 0 N–H and O–H groups in total. The van der Waals surface area contributed by atoms with Crippen molar-refractivity contribution in [1.29, 1.82) is 0 Å². The Hall–Kier alpha value is -0.0800. The number of rotatable bonds is 0. The summed E-state index contributed by atoms with van der Waals surface area (Å²) < 4.78 is 0. The van der Waals surface area contributed by atoms with Crippen molar-refractivity contribution < 1.29 is 0 Å². The molecule has 0 saturated carbocycles. The minimum absolute atomic E-state index is 1.14. The molecule has 0 aromatic carbocycles. The van der Waals surface area contributed by atoms with Gasteiger partial charge in [-0.05, 0) is 35.1 Å². The van der Waals surface area contributed by atoms with E-state index < -0.39 is 0 Å². The first kappa shape index (κ1) is 8.02. The molecule has 0 saturated heterocycles.